The highest BCUT2D eigenvalue weighted by molar-refractivity contribution is 7.80. The maximum Gasteiger partial charge on any atom is 0.394 e. The average Bonchev–Trinajstić information content (AvgIpc) is 2.99. The molecule has 1 saturated carbocycles. The summed E-state index contributed by atoms with van der Waals surface area (Å²) in [7, 11) is -9.33. The van der Waals surface area contributed by atoms with Gasteiger partial charge in [0, 0.05) is 12.6 Å². The van der Waals surface area contributed by atoms with Crippen molar-refractivity contribution in [3.05, 3.63) is 0 Å². The Balaban J connectivity index is 0.00000109. The molecule has 16 atom stereocenters. The smallest absolute Gasteiger partial charge is 0.394 e. The minimum absolute atomic E-state index is 0.0101. The number of hydrogen-bond acceptors (Lipinski definition) is 21. The number of nitrogens with two attached hydrogens (primary N) is 4. The SMILES string of the molecule is NCC[C@H](O)C(=O)N[C@H]1C[C@H](N)[C@@H](O[C@@H]2O[C@@H](CN)[C@@H](O)[C@@H](O)[C@@H]2O)[C@H](O)[C@H]1O[C@@H]1O[C@@H](CO)[C@@H](O)[C@@H](N)[C@@H]1O.O=S(=O)(O)O.O=S(=O)(O)O. The summed E-state index contributed by atoms with van der Waals surface area (Å²) < 4.78 is 85.7. The Morgan fingerprint density at radius 3 is 1.72 bits per heavy atom. The van der Waals surface area contributed by atoms with Crippen LogP contribution >= 0.6 is 0 Å². The number of hydrogen-bond donors (Lipinski definition) is 17. The van der Waals surface area contributed by atoms with E-state index >= 15 is 0 Å². The van der Waals surface area contributed by atoms with Crippen molar-refractivity contribution in [2.24, 2.45) is 22.9 Å². The lowest BCUT2D eigenvalue weighted by Gasteiger charge is -2.49. The highest BCUT2D eigenvalue weighted by atomic mass is 32.3. The van der Waals surface area contributed by atoms with Crippen molar-refractivity contribution in [1.29, 1.82) is 0 Å². The van der Waals surface area contributed by atoms with E-state index < -0.39 is 131 Å². The maximum atomic E-state index is 12.6. The van der Waals surface area contributed by atoms with E-state index in [-0.39, 0.29) is 25.9 Å². The molecular weight excluding hydrogens is 734 g/mol. The number of carbonyl (C=O) groups is 1. The first-order valence-corrected chi connectivity index (χ1v) is 17.3. The number of ether oxygens (including phenoxy) is 4. The Bertz CT molecular complexity index is 1200. The highest BCUT2D eigenvalue weighted by Gasteiger charge is 2.52. The van der Waals surface area contributed by atoms with Gasteiger partial charge in [-0.25, -0.2) is 0 Å². The Kier molecular flexibility index (Phi) is 18.8. The van der Waals surface area contributed by atoms with Crippen LogP contribution < -0.4 is 28.3 Å². The van der Waals surface area contributed by atoms with Gasteiger partial charge in [-0.1, -0.05) is 0 Å². The summed E-state index contributed by atoms with van der Waals surface area (Å²) in [6.07, 6.45) is -19.8. The van der Waals surface area contributed by atoms with Gasteiger partial charge in [0.05, 0.1) is 18.7 Å². The topological polar surface area (TPSA) is 481 Å². The number of carbonyl (C=O) groups excluding carboxylic acids is 1. The first kappa shape index (κ1) is 46.6. The van der Waals surface area contributed by atoms with Crippen molar-refractivity contribution < 1.29 is 99.6 Å². The molecular formula is C22H47N5O21S2. The molecule has 0 radical (unpaired) electrons. The molecule has 2 saturated heterocycles. The highest BCUT2D eigenvalue weighted by Crippen LogP contribution is 2.32. The monoisotopic (exact) mass is 781 g/mol. The minimum atomic E-state index is -4.67. The van der Waals surface area contributed by atoms with Crippen LogP contribution in [0.4, 0.5) is 0 Å². The standard InChI is InChI=1S/C22H43N5O13.2H2O4S/c23-2-1-8(29)20(36)27-7-3-6(25)18(39-22-16(34)15(33)13(31)9(4-24)37-22)17(35)19(7)40-21-14(32)11(26)12(30)10(5-28)38-21;2*1-5(2,3)4/h6-19,21-22,28-35H,1-5,23-26H2,(H,27,36);2*(H2,1,2,3,4)/t6-,7-,8-,9-,10-,11+,12+,13+,14-,15+,16-,17-,18+,19-,21-,22-;;/m0../s1. The van der Waals surface area contributed by atoms with E-state index in [0.717, 1.165) is 0 Å². The summed E-state index contributed by atoms with van der Waals surface area (Å²) in [4.78, 5) is 12.6. The molecule has 0 spiro atoms. The van der Waals surface area contributed by atoms with Crippen molar-refractivity contribution in [2.75, 3.05) is 19.7 Å². The molecule has 0 aromatic carbocycles. The van der Waals surface area contributed by atoms with Crippen LogP contribution in [0, 0.1) is 0 Å². The molecule has 2 heterocycles. The fourth-order valence-electron chi connectivity index (χ4n) is 5.07. The van der Waals surface area contributed by atoms with Gasteiger partial charge in [-0.15, -0.1) is 0 Å². The predicted octanol–water partition coefficient (Wildman–Crippen LogP) is -9.73. The first-order valence-electron chi connectivity index (χ1n) is 14.5. The molecule has 0 bridgehead atoms. The van der Waals surface area contributed by atoms with Crippen molar-refractivity contribution in [1.82, 2.24) is 5.32 Å². The first-order chi connectivity index (χ1) is 22.9. The summed E-state index contributed by atoms with van der Waals surface area (Å²) in [5.74, 6) is -0.845. The third kappa shape index (κ3) is 14.5. The second kappa shape index (κ2) is 20.1. The van der Waals surface area contributed by atoms with Gasteiger partial charge < -0.3 is 88.1 Å². The van der Waals surface area contributed by atoms with Crippen LogP contribution in [0.25, 0.3) is 0 Å². The summed E-state index contributed by atoms with van der Waals surface area (Å²) in [6.45, 7) is -0.898. The molecule has 1 amide bonds. The maximum absolute atomic E-state index is 12.6. The van der Waals surface area contributed by atoms with E-state index in [9.17, 15) is 45.6 Å². The number of amides is 1. The molecule has 0 aromatic heterocycles. The van der Waals surface area contributed by atoms with Crippen LogP contribution in [0.5, 0.6) is 0 Å². The second-order valence-electron chi connectivity index (χ2n) is 11.2. The Morgan fingerprint density at radius 1 is 0.760 bits per heavy atom. The van der Waals surface area contributed by atoms with Crippen LogP contribution in [0.15, 0.2) is 0 Å². The lowest BCUT2D eigenvalue weighted by Crippen LogP contribution is -2.69. The zero-order valence-electron chi connectivity index (χ0n) is 25.9. The molecule has 3 aliphatic rings. The normalized spacial score (nSPS) is 40.0. The fourth-order valence-corrected chi connectivity index (χ4v) is 5.07. The van der Waals surface area contributed by atoms with Crippen LogP contribution in [-0.4, -0.2) is 199 Å². The van der Waals surface area contributed by atoms with E-state index in [1.54, 1.807) is 0 Å². The molecule has 298 valence electrons. The number of aliphatic hydroxyl groups is 8. The molecule has 50 heavy (non-hydrogen) atoms. The Hall–Kier alpha value is -1.43. The van der Waals surface area contributed by atoms with E-state index in [0.29, 0.717) is 0 Å². The summed E-state index contributed by atoms with van der Waals surface area (Å²) in [6, 6.07) is -3.45. The number of nitrogens with one attached hydrogen (secondary N) is 1. The second-order valence-corrected chi connectivity index (χ2v) is 13.0. The molecule has 1 aliphatic carbocycles. The summed E-state index contributed by atoms with van der Waals surface area (Å²) >= 11 is 0. The van der Waals surface area contributed by atoms with Crippen LogP contribution in [0.3, 0.4) is 0 Å². The third-order valence-electron chi connectivity index (χ3n) is 7.51. The Labute approximate surface area is 285 Å². The largest absolute Gasteiger partial charge is 0.394 e. The number of rotatable bonds is 10. The van der Waals surface area contributed by atoms with Gasteiger partial charge in [0.25, 0.3) is 0 Å². The number of aliphatic hydroxyl groups excluding tert-OH is 8. The van der Waals surface area contributed by atoms with Gasteiger partial charge in [0.2, 0.25) is 5.91 Å². The fraction of sp³-hybridized carbons (Fsp3) is 0.955. The lowest BCUT2D eigenvalue weighted by atomic mass is 9.83. The molecule has 26 nitrogen and oxygen atoms in total. The van der Waals surface area contributed by atoms with Crippen LogP contribution in [0.2, 0.25) is 0 Å². The van der Waals surface area contributed by atoms with E-state index in [1.807, 2.05) is 0 Å². The molecule has 21 N–H and O–H groups in total. The Morgan fingerprint density at radius 2 is 1.24 bits per heavy atom. The van der Waals surface area contributed by atoms with E-state index in [1.165, 1.54) is 0 Å². The molecule has 0 aromatic rings. The summed E-state index contributed by atoms with van der Waals surface area (Å²) in [5, 5.41) is 84.9. The average molecular weight is 782 g/mol. The minimum Gasteiger partial charge on any atom is -0.394 e. The molecule has 3 fully saturated rings. The third-order valence-corrected chi connectivity index (χ3v) is 7.51. The van der Waals surface area contributed by atoms with Gasteiger partial charge in [-0.2, -0.15) is 16.8 Å². The van der Waals surface area contributed by atoms with Crippen molar-refractivity contribution in [3.8, 4) is 0 Å². The lowest BCUT2D eigenvalue weighted by molar-refractivity contribution is -0.332. The van der Waals surface area contributed by atoms with Gasteiger partial charge in [0.15, 0.2) is 12.6 Å². The van der Waals surface area contributed by atoms with E-state index in [4.69, 9.17) is 76.9 Å². The van der Waals surface area contributed by atoms with Gasteiger partial charge >= 0.3 is 20.8 Å². The van der Waals surface area contributed by atoms with Crippen molar-refractivity contribution in [3.63, 3.8) is 0 Å². The van der Waals surface area contributed by atoms with Gasteiger partial charge in [-0.3, -0.25) is 23.0 Å². The predicted molar refractivity (Wildman–Crippen MR) is 160 cm³/mol. The quantitative estimate of drug-likeness (QED) is 0.0915. The zero-order chi connectivity index (χ0) is 38.9. The molecule has 3 rings (SSSR count). The van der Waals surface area contributed by atoms with Gasteiger partial charge in [0.1, 0.15) is 67.1 Å². The molecule has 0 unspecified atom stereocenters. The zero-order valence-corrected chi connectivity index (χ0v) is 27.6. The van der Waals surface area contributed by atoms with Crippen LogP contribution in [-0.2, 0) is 44.5 Å². The van der Waals surface area contributed by atoms with Crippen molar-refractivity contribution >= 4 is 26.7 Å². The summed E-state index contributed by atoms with van der Waals surface area (Å²) in [5.41, 5.74) is 23.1. The van der Waals surface area contributed by atoms with Gasteiger partial charge in [-0.05, 0) is 19.4 Å². The molecule has 28 heteroatoms. The molecule has 2 aliphatic heterocycles. The van der Waals surface area contributed by atoms with Crippen molar-refractivity contribution in [2.45, 2.75) is 111 Å². The van der Waals surface area contributed by atoms with Crippen LogP contribution in [0.1, 0.15) is 12.8 Å². The van der Waals surface area contributed by atoms with E-state index in [2.05, 4.69) is 5.32 Å².